The van der Waals surface area contributed by atoms with Crippen molar-refractivity contribution in [2.24, 2.45) is 0 Å². The summed E-state index contributed by atoms with van der Waals surface area (Å²) in [5, 5.41) is 0. The molecule has 2 heterocycles. The normalized spacial score (nSPS) is 17.7. The summed E-state index contributed by atoms with van der Waals surface area (Å²) in [4.78, 5) is 4.40. The van der Waals surface area contributed by atoms with Crippen LogP contribution < -0.4 is 4.74 Å². The minimum absolute atomic E-state index is 0.0128. The van der Waals surface area contributed by atoms with Crippen LogP contribution in [0.1, 0.15) is 44.9 Å². The van der Waals surface area contributed by atoms with Gasteiger partial charge in [-0.15, -0.1) is 0 Å². The van der Waals surface area contributed by atoms with Gasteiger partial charge in [-0.1, -0.05) is 20.8 Å². The molecular weight excluding hydrogens is 243 g/mol. The van der Waals surface area contributed by atoms with Crippen LogP contribution in [0.3, 0.4) is 0 Å². The SMILES string of the molecule is COc1cc(C(C)(C)C)cn2cc(C3(F)CC3)nc12. The molecule has 0 saturated heterocycles. The minimum Gasteiger partial charge on any atom is -0.493 e. The summed E-state index contributed by atoms with van der Waals surface area (Å²) in [5.74, 6) is 0.697. The Hall–Kier alpha value is -1.58. The summed E-state index contributed by atoms with van der Waals surface area (Å²) in [6.07, 6.45) is 4.96. The topological polar surface area (TPSA) is 26.5 Å². The number of nitrogens with zero attached hydrogens (tertiary/aromatic N) is 2. The maximum absolute atomic E-state index is 14.1. The number of halogens is 1. The third-order valence-corrected chi connectivity index (χ3v) is 3.75. The van der Waals surface area contributed by atoms with Gasteiger partial charge < -0.3 is 9.14 Å². The van der Waals surface area contributed by atoms with Crippen LogP contribution in [-0.2, 0) is 11.1 Å². The van der Waals surface area contributed by atoms with Gasteiger partial charge >= 0.3 is 0 Å². The van der Waals surface area contributed by atoms with Crippen LogP contribution in [0, 0.1) is 0 Å². The molecule has 0 aromatic carbocycles. The number of pyridine rings is 1. The largest absolute Gasteiger partial charge is 0.493 e. The first-order chi connectivity index (χ1) is 8.83. The van der Waals surface area contributed by atoms with Crippen LogP contribution in [0.25, 0.3) is 5.65 Å². The van der Waals surface area contributed by atoms with E-state index in [4.69, 9.17) is 4.74 Å². The molecule has 1 aliphatic rings. The number of alkyl halides is 1. The van der Waals surface area contributed by atoms with Crippen molar-refractivity contribution < 1.29 is 9.13 Å². The predicted molar refractivity (Wildman–Crippen MR) is 72.5 cm³/mol. The number of hydrogen-bond donors (Lipinski definition) is 0. The van der Waals surface area contributed by atoms with E-state index in [2.05, 4.69) is 25.8 Å². The minimum atomic E-state index is -1.21. The second-order valence-corrected chi connectivity index (χ2v) is 6.37. The molecule has 0 amide bonds. The smallest absolute Gasteiger partial charge is 0.180 e. The van der Waals surface area contributed by atoms with Gasteiger partial charge in [0, 0.05) is 12.4 Å². The molecule has 102 valence electrons. The molecular formula is C15H19FN2O. The summed E-state index contributed by atoms with van der Waals surface area (Å²) in [6, 6.07) is 1.99. The Morgan fingerprint density at radius 3 is 2.53 bits per heavy atom. The maximum atomic E-state index is 14.1. The number of methoxy groups -OCH3 is 1. The summed E-state index contributed by atoms with van der Waals surface area (Å²) in [7, 11) is 1.62. The zero-order valence-electron chi connectivity index (χ0n) is 11.8. The Morgan fingerprint density at radius 1 is 1.32 bits per heavy atom. The van der Waals surface area contributed by atoms with Gasteiger partial charge in [-0.2, -0.15) is 0 Å². The molecule has 1 aliphatic carbocycles. The number of ether oxygens (including phenoxy) is 1. The zero-order chi connectivity index (χ0) is 13.8. The summed E-state index contributed by atoms with van der Waals surface area (Å²) >= 11 is 0. The summed E-state index contributed by atoms with van der Waals surface area (Å²) in [5.41, 5.74) is 1.16. The number of rotatable bonds is 2. The van der Waals surface area contributed by atoms with E-state index in [0.29, 0.717) is 29.9 Å². The van der Waals surface area contributed by atoms with Crippen molar-refractivity contribution in [3.8, 4) is 5.75 Å². The lowest BCUT2D eigenvalue weighted by molar-refractivity contribution is 0.310. The Morgan fingerprint density at radius 2 is 2.00 bits per heavy atom. The van der Waals surface area contributed by atoms with E-state index in [1.54, 1.807) is 13.3 Å². The third-order valence-electron chi connectivity index (χ3n) is 3.75. The van der Waals surface area contributed by atoms with E-state index >= 15 is 0 Å². The molecule has 0 aliphatic heterocycles. The highest BCUT2D eigenvalue weighted by molar-refractivity contribution is 5.57. The molecule has 3 rings (SSSR count). The average Bonchev–Trinajstić information content (AvgIpc) is 2.92. The second-order valence-electron chi connectivity index (χ2n) is 6.37. The fourth-order valence-electron chi connectivity index (χ4n) is 2.21. The van der Waals surface area contributed by atoms with Gasteiger partial charge in [-0.3, -0.25) is 0 Å². The highest BCUT2D eigenvalue weighted by atomic mass is 19.1. The number of imidazole rings is 1. The Bertz CT molecular complexity index is 635. The quantitative estimate of drug-likeness (QED) is 0.826. The van der Waals surface area contributed by atoms with Crippen LogP contribution in [0.2, 0.25) is 0 Å². The van der Waals surface area contributed by atoms with Crippen molar-refractivity contribution in [2.45, 2.75) is 44.7 Å². The van der Waals surface area contributed by atoms with Crippen molar-refractivity contribution in [2.75, 3.05) is 7.11 Å². The molecule has 0 unspecified atom stereocenters. The molecule has 0 spiro atoms. The van der Waals surface area contributed by atoms with E-state index in [-0.39, 0.29) is 5.41 Å². The predicted octanol–water partition coefficient (Wildman–Crippen LogP) is 3.60. The third kappa shape index (κ3) is 1.99. The van der Waals surface area contributed by atoms with Gasteiger partial charge in [-0.05, 0) is 29.9 Å². The van der Waals surface area contributed by atoms with E-state index in [1.165, 1.54) is 0 Å². The van der Waals surface area contributed by atoms with Crippen molar-refractivity contribution in [3.05, 3.63) is 29.7 Å². The van der Waals surface area contributed by atoms with E-state index in [9.17, 15) is 4.39 Å². The fourth-order valence-corrected chi connectivity index (χ4v) is 2.21. The van der Waals surface area contributed by atoms with E-state index in [1.807, 2.05) is 16.7 Å². The number of hydrogen-bond acceptors (Lipinski definition) is 2. The lowest BCUT2D eigenvalue weighted by Gasteiger charge is -2.20. The van der Waals surface area contributed by atoms with Gasteiger partial charge in [-0.25, -0.2) is 9.37 Å². The molecule has 3 nitrogen and oxygen atoms in total. The van der Waals surface area contributed by atoms with Gasteiger partial charge in [0.15, 0.2) is 17.1 Å². The van der Waals surface area contributed by atoms with Crippen LogP contribution >= 0.6 is 0 Å². The molecule has 19 heavy (non-hydrogen) atoms. The summed E-state index contributed by atoms with van der Waals surface area (Å²) in [6.45, 7) is 6.43. The first-order valence-electron chi connectivity index (χ1n) is 6.60. The highest BCUT2D eigenvalue weighted by Gasteiger charge is 2.47. The van der Waals surface area contributed by atoms with Crippen molar-refractivity contribution in [3.63, 3.8) is 0 Å². The van der Waals surface area contributed by atoms with Crippen LogP contribution in [0.4, 0.5) is 4.39 Å². The number of aromatic nitrogens is 2. The fraction of sp³-hybridized carbons (Fsp3) is 0.533. The van der Waals surface area contributed by atoms with Crippen molar-refractivity contribution >= 4 is 5.65 Å². The standard InChI is InChI=1S/C15H19FN2O/c1-14(2,3)10-7-11(19-4)13-17-12(9-18(13)8-10)15(16)5-6-15/h7-9H,5-6H2,1-4H3. The lowest BCUT2D eigenvalue weighted by atomic mass is 9.88. The molecule has 0 bridgehead atoms. The maximum Gasteiger partial charge on any atom is 0.180 e. The Balaban J connectivity index is 2.20. The molecule has 0 N–H and O–H groups in total. The average molecular weight is 262 g/mol. The Labute approximate surface area is 112 Å². The zero-order valence-corrected chi connectivity index (χ0v) is 11.8. The molecule has 4 heteroatoms. The van der Waals surface area contributed by atoms with Gasteiger partial charge in [0.25, 0.3) is 0 Å². The van der Waals surface area contributed by atoms with Gasteiger partial charge in [0.1, 0.15) is 0 Å². The molecule has 2 aromatic heterocycles. The Kier molecular flexibility index (Phi) is 2.43. The number of fused-ring (bicyclic) bond motifs is 1. The first kappa shape index (κ1) is 12.5. The molecule has 1 fully saturated rings. The van der Waals surface area contributed by atoms with Crippen molar-refractivity contribution in [1.29, 1.82) is 0 Å². The van der Waals surface area contributed by atoms with Crippen LogP contribution in [-0.4, -0.2) is 16.5 Å². The summed E-state index contributed by atoms with van der Waals surface area (Å²) < 4.78 is 21.4. The molecule has 0 atom stereocenters. The lowest BCUT2D eigenvalue weighted by Crippen LogP contribution is -2.12. The molecule has 0 radical (unpaired) electrons. The van der Waals surface area contributed by atoms with E-state index < -0.39 is 5.67 Å². The van der Waals surface area contributed by atoms with Gasteiger partial charge in [0.2, 0.25) is 0 Å². The van der Waals surface area contributed by atoms with Crippen LogP contribution in [0.5, 0.6) is 5.75 Å². The second kappa shape index (κ2) is 3.71. The van der Waals surface area contributed by atoms with E-state index in [0.717, 1.165) is 5.56 Å². The van der Waals surface area contributed by atoms with Crippen LogP contribution in [0.15, 0.2) is 18.5 Å². The van der Waals surface area contributed by atoms with Crippen molar-refractivity contribution in [1.82, 2.24) is 9.38 Å². The first-order valence-corrected chi connectivity index (χ1v) is 6.60. The molecule has 1 saturated carbocycles. The molecule has 2 aromatic rings. The van der Waals surface area contributed by atoms with Gasteiger partial charge in [0.05, 0.1) is 12.8 Å². The highest BCUT2D eigenvalue weighted by Crippen LogP contribution is 2.49. The monoisotopic (exact) mass is 262 g/mol.